The van der Waals surface area contributed by atoms with Gasteiger partial charge in [0.2, 0.25) is 15.9 Å². The lowest BCUT2D eigenvalue weighted by molar-refractivity contribution is -0.114. The lowest BCUT2D eigenvalue weighted by atomic mass is 10.2. The SMILES string of the molecule is CC(=O)Nc1ccc(C(=O)NCCNS(=O)(=O)c2ccccc2)cc1. The highest BCUT2D eigenvalue weighted by Crippen LogP contribution is 2.09. The fourth-order valence-electron chi connectivity index (χ4n) is 2.05. The maximum absolute atomic E-state index is 12.0. The van der Waals surface area contributed by atoms with Gasteiger partial charge in [-0.1, -0.05) is 18.2 Å². The van der Waals surface area contributed by atoms with Crippen molar-refractivity contribution in [2.75, 3.05) is 18.4 Å². The summed E-state index contributed by atoms with van der Waals surface area (Å²) in [5.41, 5.74) is 1.01. The zero-order valence-electron chi connectivity index (χ0n) is 13.7. The summed E-state index contributed by atoms with van der Waals surface area (Å²) in [5, 5.41) is 5.24. The second-order valence-corrected chi connectivity index (χ2v) is 6.99. The molecule has 3 N–H and O–H groups in total. The van der Waals surface area contributed by atoms with Gasteiger partial charge >= 0.3 is 0 Å². The number of hydrogen-bond acceptors (Lipinski definition) is 4. The smallest absolute Gasteiger partial charge is 0.251 e. The second-order valence-electron chi connectivity index (χ2n) is 5.23. The van der Waals surface area contributed by atoms with Crippen molar-refractivity contribution in [1.29, 1.82) is 0 Å². The molecule has 0 fully saturated rings. The van der Waals surface area contributed by atoms with Crippen molar-refractivity contribution in [2.45, 2.75) is 11.8 Å². The van der Waals surface area contributed by atoms with Crippen molar-refractivity contribution in [3.05, 3.63) is 60.2 Å². The first-order chi connectivity index (χ1) is 11.9. The minimum absolute atomic E-state index is 0.0763. The standard InChI is InChI=1S/C17H19N3O4S/c1-13(21)20-15-9-7-14(8-10-15)17(22)18-11-12-19-25(23,24)16-5-3-2-4-6-16/h2-10,19H,11-12H2,1H3,(H,18,22)(H,20,21). The van der Waals surface area contributed by atoms with Crippen LogP contribution in [0.5, 0.6) is 0 Å². The summed E-state index contributed by atoms with van der Waals surface area (Å²) in [5.74, 6) is -0.517. The molecule has 0 saturated heterocycles. The molecule has 0 saturated carbocycles. The van der Waals surface area contributed by atoms with Crippen LogP contribution in [0.1, 0.15) is 17.3 Å². The van der Waals surface area contributed by atoms with Gasteiger partial charge in [-0.25, -0.2) is 13.1 Å². The van der Waals surface area contributed by atoms with Gasteiger partial charge in [0.05, 0.1) is 4.90 Å². The summed E-state index contributed by atoms with van der Waals surface area (Å²) in [7, 11) is -3.58. The lowest BCUT2D eigenvalue weighted by Gasteiger charge is -2.08. The predicted molar refractivity (Wildman–Crippen MR) is 94.7 cm³/mol. The molecule has 2 rings (SSSR count). The number of sulfonamides is 1. The second kappa shape index (κ2) is 8.41. The Morgan fingerprint density at radius 3 is 2.16 bits per heavy atom. The Balaban J connectivity index is 1.81. The molecule has 2 amide bonds. The molecule has 0 aliphatic rings. The first-order valence-corrected chi connectivity index (χ1v) is 9.07. The molecule has 0 radical (unpaired) electrons. The largest absolute Gasteiger partial charge is 0.351 e. The van der Waals surface area contributed by atoms with Crippen LogP contribution >= 0.6 is 0 Å². The molecular formula is C17H19N3O4S. The van der Waals surface area contributed by atoms with E-state index in [1.165, 1.54) is 19.1 Å². The monoisotopic (exact) mass is 361 g/mol. The van der Waals surface area contributed by atoms with Crippen LogP contribution in [-0.4, -0.2) is 33.3 Å². The molecule has 0 aliphatic carbocycles. The summed E-state index contributed by atoms with van der Waals surface area (Å²) in [6, 6.07) is 14.4. The Labute approximate surface area is 146 Å². The maximum Gasteiger partial charge on any atom is 0.251 e. The summed E-state index contributed by atoms with van der Waals surface area (Å²) >= 11 is 0. The van der Waals surface area contributed by atoms with E-state index in [-0.39, 0.29) is 29.8 Å². The van der Waals surface area contributed by atoms with E-state index in [0.29, 0.717) is 11.3 Å². The predicted octanol–water partition coefficient (Wildman–Crippen LogP) is 1.35. The van der Waals surface area contributed by atoms with Crippen LogP contribution in [0.2, 0.25) is 0 Å². The maximum atomic E-state index is 12.0. The molecule has 7 nitrogen and oxygen atoms in total. The number of hydrogen-bond donors (Lipinski definition) is 3. The van der Waals surface area contributed by atoms with Crippen LogP contribution < -0.4 is 15.4 Å². The van der Waals surface area contributed by atoms with Crippen LogP contribution in [0.15, 0.2) is 59.5 Å². The number of nitrogens with one attached hydrogen (secondary N) is 3. The van der Waals surface area contributed by atoms with E-state index in [2.05, 4.69) is 15.4 Å². The van der Waals surface area contributed by atoms with E-state index in [9.17, 15) is 18.0 Å². The Morgan fingerprint density at radius 2 is 1.56 bits per heavy atom. The van der Waals surface area contributed by atoms with Gasteiger partial charge in [-0.2, -0.15) is 0 Å². The number of rotatable bonds is 7. The molecule has 8 heteroatoms. The van der Waals surface area contributed by atoms with E-state index in [1.807, 2.05) is 0 Å². The van der Waals surface area contributed by atoms with Crippen LogP contribution in [0.3, 0.4) is 0 Å². The Hall–Kier alpha value is -2.71. The summed E-state index contributed by atoms with van der Waals surface area (Å²) in [6.07, 6.45) is 0. The van der Waals surface area contributed by atoms with E-state index in [1.54, 1.807) is 42.5 Å². The van der Waals surface area contributed by atoms with E-state index >= 15 is 0 Å². The number of carbonyl (C=O) groups excluding carboxylic acids is 2. The average molecular weight is 361 g/mol. The molecule has 0 unspecified atom stereocenters. The van der Waals surface area contributed by atoms with E-state index < -0.39 is 10.0 Å². The Bertz CT molecular complexity index is 834. The third-order valence-corrected chi connectivity index (χ3v) is 4.70. The molecule has 2 aromatic rings. The topological polar surface area (TPSA) is 104 Å². The van der Waals surface area contributed by atoms with Gasteiger partial charge in [0.15, 0.2) is 0 Å². The minimum Gasteiger partial charge on any atom is -0.351 e. The van der Waals surface area contributed by atoms with Crippen molar-refractivity contribution in [3.8, 4) is 0 Å². The lowest BCUT2D eigenvalue weighted by Crippen LogP contribution is -2.34. The van der Waals surface area contributed by atoms with Crippen molar-refractivity contribution in [2.24, 2.45) is 0 Å². The molecule has 132 valence electrons. The van der Waals surface area contributed by atoms with Gasteiger partial charge < -0.3 is 10.6 Å². The van der Waals surface area contributed by atoms with Gasteiger partial charge in [-0.05, 0) is 36.4 Å². The van der Waals surface area contributed by atoms with Crippen LogP contribution in [-0.2, 0) is 14.8 Å². The van der Waals surface area contributed by atoms with Gasteiger partial charge in [0, 0.05) is 31.3 Å². The highest BCUT2D eigenvalue weighted by molar-refractivity contribution is 7.89. The number of amides is 2. The van der Waals surface area contributed by atoms with E-state index in [0.717, 1.165) is 0 Å². The van der Waals surface area contributed by atoms with Crippen molar-refractivity contribution >= 4 is 27.5 Å². The first kappa shape index (κ1) is 18.6. The number of benzene rings is 2. The third-order valence-electron chi connectivity index (χ3n) is 3.22. The quantitative estimate of drug-likeness (QED) is 0.648. The van der Waals surface area contributed by atoms with Crippen LogP contribution in [0.25, 0.3) is 0 Å². The number of carbonyl (C=O) groups is 2. The molecule has 0 heterocycles. The Kier molecular flexibility index (Phi) is 6.26. The molecule has 0 aromatic heterocycles. The summed E-state index contributed by atoms with van der Waals surface area (Å²) < 4.78 is 26.5. The molecule has 0 atom stereocenters. The first-order valence-electron chi connectivity index (χ1n) is 7.59. The zero-order chi connectivity index (χ0) is 18.3. The Morgan fingerprint density at radius 1 is 0.920 bits per heavy atom. The molecule has 0 spiro atoms. The normalized spacial score (nSPS) is 10.9. The van der Waals surface area contributed by atoms with Gasteiger partial charge in [0.1, 0.15) is 0 Å². The summed E-state index contributed by atoms with van der Waals surface area (Å²) in [4.78, 5) is 23.1. The van der Waals surface area contributed by atoms with Crippen LogP contribution in [0, 0.1) is 0 Å². The van der Waals surface area contributed by atoms with Crippen LogP contribution in [0.4, 0.5) is 5.69 Å². The average Bonchev–Trinajstić information content (AvgIpc) is 2.59. The van der Waals surface area contributed by atoms with Gasteiger partial charge in [-0.3, -0.25) is 9.59 Å². The zero-order valence-corrected chi connectivity index (χ0v) is 14.5. The minimum atomic E-state index is -3.58. The molecular weight excluding hydrogens is 342 g/mol. The highest BCUT2D eigenvalue weighted by Gasteiger charge is 2.12. The van der Waals surface area contributed by atoms with E-state index in [4.69, 9.17) is 0 Å². The third kappa shape index (κ3) is 5.70. The highest BCUT2D eigenvalue weighted by atomic mass is 32.2. The number of anilines is 1. The van der Waals surface area contributed by atoms with Gasteiger partial charge in [0.25, 0.3) is 5.91 Å². The van der Waals surface area contributed by atoms with Crippen molar-refractivity contribution < 1.29 is 18.0 Å². The van der Waals surface area contributed by atoms with Gasteiger partial charge in [-0.15, -0.1) is 0 Å². The fraction of sp³-hybridized carbons (Fsp3) is 0.176. The molecule has 0 aliphatic heterocycles. The molecule has 0 bridgehead atoms. The molecule has 2 aromatic carbocycles. The molecule has 25 heavy (non-hydrogen) atoms. The summed E-state index contributed by atoms with van der Waals surface area (Å²) in [6.45, 7) is 1.63. The fourth-order valence-corrected chi connectivity index (χ4v) is 3.11. The van der Waals surface area contributed by atoms with Crippen molar-refractivity contribution in [1.82, 2.24) is 10.0 Å². The van der Waals surface area contributed by atoms with Crippen molar-refractivity contribution in [3.63, 3.8) is 0 Å².